The molecular weight excluding hydrogens is 537 g/mol. The number of hydrogen-bond acceptors (Lipinski definition) is 7. The van der Waals surface area contributed by atoms with Gasteiger partial charge in [-0.25, -0.2) is 24.0 Å². The Balaban J connectivity index is 1.31. The molecule has 2 aliphatic rings. The molecule has 3 aromatic heterocycles. The molecule has 2 aromatic carbocycles. The number of pyridine rings is 1. The van der Waals surface area contributed by atoms with Crippen molar-refractivity contribution in [3.8, 4) is 11.5 Å². The van der Waals surface area contributed by atoms with Crippen molar-refractivity contribution in [1.29, 1.82) is 0 Å². The Labute approximate surface area is 239 Å². The highest BCUT2D eigenvalue weighted by atomic mass is 19.1. The smallest absolute Gasteiger partial charge is 0.303 e. The molecule has 5 aromatic rings. The number of aromatic nitrogens is 5. The minimum atomic E-state index is -1.04. The minimum absolute atomic E-state index is 0.0280. The molecule has 0 saturated heterocycles. The predicted octanol–water partition coefficient (Wildman–Crippen LogP) is 4.32. The Morgan fingerprint density at radius 2 is 1.88 bits per heavy atom. The zero-order valence-corrected chi connectivity index (χ0v) is 22.4. The van der Waals surface area contributed by atoms with Crippen LogP contribution in [0, 0.1) is 11.7 Å². The number of carbonyl (C=O) groups is 2. The van der Waals surface area contributed by atoms with Gasteiger partial charge in [-0.05, 0) is 54.5 Å². The molecule has 7 rings (SSSR count). The number of aryl methyl sites for hydroxylation is 1. The number of anilines is 2. The topological polar surface area (TPSA) is 149 Å². The summed E-state index contributed by atoms with van der Waals surface area (Å²) < 4.78 is 16.1. The van der Waals surface area contributed by atoms with Crippen molar-refractivity contribution < 1.29 is 19.1 Å². The van der Waals surface area contributed by atoms with Gasteiger partial charge in [0, 0.05) is 18.2 Å². The molecule has 210 valence electrons. The van der Waals surface area contributed by atoms with Gasteiger partial charge in [-0.2, -0.15) is 5.10 Å². The van der Waals surface area contributed by atoms with Crippen molar-refractivity contribution in [2.45, 2.75) is 37.6 Å². The highest BCUT2D eigenvalue weighted by Gasteiger charge is 2.59. The van der Waals surface area contributed by atoms with Crippen LogP contribution in [0.2, 0.25) is 0 Å². The summed E-state index contributed by atoms with van der Waals surface area (Å²) in [5.74, 6) is -0.642. The van der Waals surface area contributed by atoms with E-state index in [1.54, 1.807) is 35.1 Å². The highest BCUT2D eigenvalue weighted by molar-refractivity contribution is 6.10. The Bertz CT molecular complexity index is 1880. The van der Waals surface area contributed by atoms with E-state index in [0.717, 1.165) is 24.0 Å². The maximum absolute atomic E-state index is 14.5. The van der Waals surface area contributed by atoms with Crippen molar-refractivity contribution >= 4 is 34.5 Å². The van der Waals surface area contributed by atoms with E-state index in [2.05, 4.69) is 15.3 Å². The number of amides is 1. The van der Waals surface area contributed by atoms with Crippen LogP contribution in [0.3, 0.4) is 0 Å². The first-order chi connectivity index (χ1) is 20.4. The Morgan fingerprint density at radius 3 is 2.62 bits per heavy atom. The van der Waals surface area contributed by atoms with Crippen molar-refractivity contribution in [3.63, 3.8) is 0 Å². The molecule has 0 spiro atoms. The van der Waals surface area contributed by atoms with Crippen LogP contribution in [-0.4, -0.2) is 41.7 Å². The van der Waals surface area contributed by atoms with Crippen LogP contribution >= 0.6 is 0 Å². The van der Waals surface area contributed by atoms with Crippen molar-refractivity contribution in [1.82, 2.24) is 24.7 Å². The molecule has 10 nitrogen and oxygen atoms in total. The monoisotopic (exact) mass is 563 g/mol. The van der Waals surface area contributed by atoms with Crippen LogP contribution in [0.4, 0.5) is 16.0 Å². The molecule has 1 amide bonds. The number of carboxylic acid groups (broad SMARTS) is 1. The van der Waals surface area contributed by atoms with Crippen molar-refractivity contribution in [2.24, 2.45) is 5.92 Å². The molecule has 1 fully saturated rings. The summed E-state index contributed by atoms with van der Waals surface area (Å²) in [6, 6.07) is 17.6. The number of rotatable bonds is 8. The van der Waals surface area contributed by atoms with E-state index in [1.807, 2.05) is 30.3 Å². The van der Waals surface area contributed by atoms with Gasteiger partial charge >= 0.3 is 5.97 Å². The van der Waals surface area contributed by atoms with Crippen molar-refractivity contribution in [2.75, 3.05) is 11.1 Å². The van der Waals surface area contributed by atoms with Crippen LogP contribution in [0.1, 0.15) is 41.5 Å². The quantitative estimate of drug-likeness (QED) is 0.253. The maximum atomic E-state index is 14.5. The second-order valence-electron chi connectivity index (χ2n) is 10.8. The second-order valence-corrected chi connectivity index (χ2v) is 10.8. The summed E-state index contributed by atoms with van der Waals surface area (Å²) in [5.41, 5.74) is 9.21. The fourth-order valence-corrected chi connectivity index (χ4v) is 6.06. The number of carboxylic acids is 1. The third-order valence-corrected chi connectivity index (χ3v) is 8.14. The van der Waals surface area contributed by atoms with Crippen LogP contribution in [0.25, 0.3) is 22.6 Å². The number of hydrogen-bond donors (Lipinski definition) is 3. The van der Waals surface area contributed by atoms with Gasteiger partial charge in [0.25, 0.3) is 0 Å². The largest absolute Gasteiger partial charge is 0.481 e. The summed E-state index contributed by atoms with van der Waals surface area (Å²) in [4.78, 5) is 38.7. The average Bonchev–Trinajstić information content (AvgIpc) is 3.70. The number of nitrogens with one attached hydrogen (secondary N) is 1. The fourth-order valence-electron chi connectivity index (χ4n) is 6.06. The third kappa shape index (κ3) is 4.08. The molecule has 1 atom stereocenters. The van der Waals surface area contributed by atoms with E-state index >= 15 is 0 Å². The predicted molar refractivity (Wildman–Crippen MR) is 153 cm³/mol. The lowest BCUT2D eigenvalue weighted by Gasteiger charge is -2.28. The van der Waals surface area contributed by atoms with Gasteiger partial charge in [-0.1, -0.05) is 42.5 Å². The summed E-state index contributed by atoms with van der Waals surface area (Å²) in [6.45, 7) is 0.157. The molecule has 1 saturated carbocycles. The van der Waals surface area contributed by atoms with Crippen LogP contribution in [-0.2, 0) is 28.0 Å². The molecule has 1 unspecified atom stereocenters. The summed E-state index contributed by atoms with van der Waals surface area (Å²) in [6.07, 6.45) is 3.77. The summed E-state index contributed by atoms with van der Waals surface area (Å²) >= 11 is 0. The first kappa shape index (κ1) is 25.8. The molecule has 0 radical (unpaired) electrons. The molecule has 42 heavy (non-hydrogen) atoms. The van der Waals surface area contributed by atoms with Gasteiger partial charge in [0.2, 0.25) is 5.91 Å². The Kier molecular flexibility index (Phi) is 5.96. The molecule has 0 bridgehead atoms. The van der Waals surface area contributed by atoms with Crippen LogP contribution in [0.5, 0.6) is 0 Å². The molecule has 11 heteroatoms. The van der Waals surface area contributed by atoms with Gasteiger partial charge in [0.05, 0.1) is 17.5 Å². The Hall–Kier alpha value is -5.19. The number of carbonyl (C=O) groups excluding carboxylic acids is 1. The van der Waals surface area contributed by atoms with E-state index in [0.29, 0.717) is 40.1 Å². The minimum Gasteiger partial charge on any atom is -0.481 e. The number of nitrogen functional groups attached to an aromatic ring is 1. The lowest BCUT2D eigenvalue weighted by Crippen LogP contribution is -2.38. The normalized spacial score (nSPS) is 17.8. The van der Waals surface area contributed by atoms with E-state index in [9.17, 15) is 14.0 Å². The van der Waals surface area contributed by atoms with E-state index in [-0.39, 0.29) is 42.3 Å². The number of fused-ring (bicyclic) bond motifs is 2. The third-order valence-electron chi connectivity index (χ3n) is 8.14. The maximum Gasteiger partial charge on any atom is 0.303 e. The summed E-state index contributed by atoms with van der Waals surface area (Å²) in [5, 5.41) is 17.4. The highest BCUT2D eigenvalue weighted by Crippen LogP contribution is 2.57. The molecule has 4 heterocycles. The molecule has 1 aliphatic heterocycles. The number of halogens is 1. The summed E-state index contributed by atoms with van der Waals surface area (Å²) in [7, 11) is 0. The lowest BCUT2D eigenvalue weighted by atomic mass is 9.71. The standard InChI is InChI=1S/C31H26FN7O3/c32-22-6-2-1-4-18(22)16-39-29-21(5-3-15-34-29)25(38-39)28-35-26(33)24-27(36-28)37-30(42)31(24,20-12-13-20)19-10-7-17(8-11-19)9-14-23(40)41/h1-8,10-11,15,20H,9,12-14,16H2,(H,40,41)(H3,33,35,36,37,42). The van der Waals surface area contributed by atoms with Gasteiger partial charge in [-0.15, -0.1) is 0 Å². The average molecular weight is 564 g/mol. The van der Waals surface area contributed by atoms with Crippen molar-refractivity contribution in [3.05, 3.63) is 94.9 Å². The molecular formula is C31H26FN7O3. The fraction of sp³-hybridized carbons (Fsp3) is 0.226. The van der Waals surface area contributed by atoms with Crippen LogP contribution in [0.15, 0.2) is 66.9 Å². The van der Waals surface area contributed by atoms with Gasteiger partial charge in [-0.3, -0.25) is 9.59 Å². The first-order valence-electron chi connectivity index (χ1n) is 13.7. The molecule has 4 N–H and O–H groups in total. The number of aliphatic carboxylic acids is 1. The van der Waals surface area contributed by atoms with Gasteiger partial charge < -0.3 is 16.2 Å². The number of nitrogens with two attached hydrogens (primary N) is 1. The zero-order chi connectivity index (χ0) is 29.0. The lowest BCUT2D eigenvalue weighted by molar-refractivity contribution is -0.137. The molecule has 1 aliphatic carbocycles. The van der Waals surface area contributed by atoms with E-state index < -0.39 is 11.4 Å². The number of nitrogens with zero attached hydrogens (tertiary/aromatic N) is 5. The van der Waals surface area contributed by atoms with Gasteiger partial charge in [0.1, 0.15) is 28.6 Å². The second kappa shape index (κ2) is 9.72. The first-order valence-corrected chi connectivity index (χ1v) is 13.7. The van der Waals surface area contributed by atoms with Crippen LogP contribution < -0.4 is 11.1 Å². The Morgan fingerprint density at radius 1 is 1.10 bits per heavy atom. The number of benzene rings is 2. The van der Waals surface area contributed by atoms with Gasteiger partial charge in [0.15, 0.2) is 11.5 Å². The van der Waals surface area contributed by atoms with E-state index in [4.69, 9.17) is 20.9 Å². The van der Waals surface area contributed by atoms with E-state index in [1.165, 1.54) is 6.07 Å². The zero-order valence-electron chi connectivity index (χ0n) is 22.4. The SMILES string of the molecule is Nc1nc(-c2nn(Cc3ccccc3F)c3ncccc23)nc2c1C(c1ccc(CCC(=O)O)cc1)(C1CC1)C(=O)N2.